The topological polar surface area (TPSA) is 127 Å². The summed E-state index contributed by atoms with van der Waals surface area (Å²) in [5.41, 5.74) is 1.51. The van der Waals surface area contributed by atoms with Gasteiger partial charge in [0.1, 0.15) is 0 Å². The van der Waals surface area contributed by atoms with E-state index in [1.165, 1.54) is 43.3 Å². The molecule has 39 heavy (non-hydrogen) atoms. The fourth-order valence-corrected chi connectivity index (χ4v) is 6.07. The Labute approximate surface area is 225 Å². The van der Waals surface area contributed by atoms with Crippen LogP contribution in [-0.2, 0) is 24.4 Å². The van der Waals surface area contributed by atoms with E-state index in [-0.39, 0.29) is 27.5 Å². The molecular formula is C28H26N4O6S. The molecule has 0 fully saturated rings. The van der Waals surface area contributed by atoms with Crippen molar-refractivity contribution >= 4 is 61.3 Å². The van der Waals surface area contributed by atoms with Crippen LogP contribution in [0.1, 0.15) is 13.8 Å². The van der Waals surface area contributed by atoms with Gasteiger partial charge in [-0.1, -0.05) is 24.3 Å². The number of anilines is 4. The van der Waals surface area contributed by atoms with Crippen LogP contribution in [0.15, 0.2) is 82.8 Å². The molecule has 200 valence electrons. The van der Waals surface area contributed by atoms with Gasteiger partial charge in [-0.15, -0.1) is 0 Å². The number of fused-ring (bicyclic) bond motifs is 1. The SMILES string of the molecule is CC1=CC(=O)N(c2cc(NS(=O)(=O)c3cccc4c(N(C)C)cccc34)cc(N3C(=O)C(C)=CC3O)c2)C1=O. The molecule has 3 amide bonds. The van der Waals surface area contributed by atoms with Crippen LogP contribution >= 0.6 is 0 Å². The molecule has 10 nitrogen and oxygen atoms in total. The molecule has 0 aromatic heterocycles. The van der Waals surface area contributed by atoms with Crippen molar-refractivity contribution in [3.8, 4) is 0 Å². The zero-order valence-electron chi connectivity index (χ0n) is 21.7. The Morgan fingerprint density at radius 2 is 1.54 bits per heavy atom. The van der Waals surface area contributed by atoms with Gasteiger partial charge in [0, 0.05) is 47.8 Å². The highest BCUT2D eigenvalue weighted by Gasteiger charge is 2.34. The van der Waals surface area contributed by atoms with Crippen molar-refractivity contribution < 1.29 is 27.9 Å². The van der Waals surface area contributed by atoms with Gasteiger partial charge in [0.05, 0.1) is 22.0 Å². The second-order valence-electron chi connectivity index (χ2n) is 9.61. The summed E-state index contributed by atoms with van der Waals surface area (Å²) in [5.74, 6) is -1.66. The van der Waals surface area contributed by atoms with E-state index in [0.29, 0.717) is 11.0 Å². The van der Waals surface area contributed by atoms with Gasteiger partial charge in [-0.05, 0) is 50.3 Å². The summed E-state index contributed by atoms with van der Waals surface area (Å²) >= 11 is 0. The molecule has 11 heteroatoms. The van der Waals surface area contributed by atoms with E-state index < -0.39 is 34.0 Å². The van der Waals surface area contributed by atoms with Crippen LogP contribution in [0.25, 0.3) is 10.8 Å². The Hall–Kier alpha value is -4.48. The largest absolute Gasteiger partial charge is 0.377 e. The molecule has 1 unspecified atom stereocenters. The number of rotatable bonds is 6. The van der Waals surface area contributed by atoms with Gasteiger partial charge >= 0.3 is 0 Å². The van der Waals surface area contributed by atoms with Gasteiger partial charge in [0.15, 0.2) is 6.23 Å². The van der Waals surface area contributed by atoms with Gasteiger partial charge in [-0.25, -0.2) is 13.3 Å². The number of benzene rings is 3. The third-order valence-corrected chi connectivity index (χ3v) is 8.08. The molecule has 2 aliphatic rings. The lowest BCUT2D eigenvalue weighted by molar-refractivity contribution is -0.120. The molecule has 2 aliphatic heterocycles. The molecule has 3 aromatic carbocycles. The van der Waals surface area contributed by atoms with Crippen molar-refractivity contribution in [1.82, 2.24) is 0 Å². The Kier molecular flexibility index (Phi) is 6.28. The number of aliphatic hydroxyl groups is 1. The zero-order chi connectivity index (χ0) is 28.2. The number of carbonyl (C=O) groups is 3. The van der Waals surface area contributed by atoms with Crippen molar-refractivity contribution in [2.75, 3.05) is 33.5 Å². The maximum Gasteiger partial charge on any atom is 0.262 e. The minimum atomic E-state index is -4.19. The average molecular weight is 547 g/mol. The van der Waals surface area contributed by atoms with E-state index in [2.05, 4.69) is 4.72 Å². The van der Waals surface area contributed by atoms with Gasteiger partial charge in [0.25, 0.3) is 27.7 Å². The normalized spacial score (nSPS) is 17.7. The van der Waals surface area contributed by atoms with Gasteiger partial charge < -0.3 is 10.0 Å². The molecule has 3 aromatic rings. The summed E-state index contributed by atoms with van der Waals surface area (Å²) in [7, 11) is -0.459. The molecular weight excluding hydrogens is 520 g/mol. The first kappa shape index (κ1) is 26.1. The second kappa shape index (κ2) is 9.37. The first-order valence-electron chi connectivity index (χ1n) is 12.0. The van der Waals surface area contributed by atoms with Crippen LogP contribution in [0.3, 0.4) is 0 Å². The highest BCUT2D eigenvalue weighted by atomic mass is 32.2. The summed E-state index contributed by atoms with van der Waals surface area (Å²) in [4.78, 5) is 42.0. The number of aliphatic hydroxyl groups excluding tert-OH is 1. The van der Waals surface area contributed by atoms with E-state index in [1.54, 1.807) is 25.1 Å². The summed E-state index contributed by atoms with van der Waals surface area (Å²) < 4.78 is 29.9. The minimum absolute atomic E-state index is 0.00188. The van der Waals surface area contributed by atoms with E-state index >= 15 is 0 Å². The van der Waals surface area contributed by atoms with Crippen molar-refractivity contribution in [3.63, 3.8) is 0 Å². The Bertz CT molecular complexity index is 1740. The predicted molar refractivity (Wildman–Crippen MR) is 149 cm³/mol. The highest BCUT2D eigenvalue weighted by Crippen LogP contribution is 2.36. The van der Waals surface area contributed by atoms with Crippen molar-refractivity contribution in [2.45, 2.75) is 25.0 Å². The lowest BCUT2D eigenvalue weighted by atomic mass is 10.1. The number of sulfonamides is 1. The molecule has 0 aliphatic carbocycles. The van der Waals surface area contributed by atoms with Crippen LogP contribution < -0.4 is 19.4 Å². The first-order chi connectivity index (χ1) is 18.4. The quantitative estimate of drug-likeness (QED) is 0.455. The summed E-state index contributed by atoms with van der Waals surface area (Å²) in [6, 6.07) is 14.4. The Morgan fingerprint density at radius 1 is 0.872 bits per heavy atom. The third-order valence-electron chi connectivity index (χ3n) is 6.64. The summed E-state index contributed by atoms with van der Waals surface area (Å²) in [6.07, 6.45) is 1.23. The molecule has 2 N–H and O–H groups in total. The van der Waals surface area contributed by atoms with E-state index in [0.717, 1.165) is 20.9 Å². The molecule has 0 bridgehead atoms. The smallest absolute Gasteiger partial charge is 0.262 e. The molecule has 2 heterocycles. The molecule has 0 saturated heterocycles. The number of hydrogen-bond donors (Lipinski definition) is 2. The lowest BCUT2D eigenvalue weighted by Gasteiger charge is -2.24. The minimum Gasteiger partial charge on any atom is -0.377 e. The summed E-state index contributed by atoms with van der Waals surface area (Å²) in [5, 5.41) is 11.7. The van der Waals surface area contributed by atoms with E-state index in [1.807, 2.05) is 31.1 Å². The molecule has 0 radical (unpaired) electrons. The van der Waals surface area contributed by atoms with Gasteiger partial charge in [-0.3, -0.25) is 24.0 Å². The third kappa shape index (κ3) is 4.45. The lowest BCUT2D eigenvalue weighted by Crippen LogP contribution is -2.35. The number of carbonyl (C=O) groups excluding carboxylic acids is 3. The van der Waals surface area contributed by atoms with Gasteiger partial charge in [0.2, 0.25) is 0 Å². The van der Waals surface area contributed by atoms with E-state index in [4.69, 9.17) is 0 Å². The van der Waals surface area contributed by atoms with Crippen LogP contribution in [0.2, 0.25) is 0 Å². The first-order valence-corrected chi connectivity index (χ1v) is 13.5. The van der Waals surface area contributed by atoms with Crippen molar-refractivity contribution in [3.05, 3.63) is 77.9 Å². The van der Waals surface area contributed by atoms with Gasteiger partial charge in [-0.2, -0.15) is 0 Å². The number of imide groups is 1. The number of amides is 3. The molecule has 0 saturated carbocycles. The number of nitrogens with zero attached hydrogens (tertiary/aromatic N) is 3. The Balaban J connectivity index is 1.63. The van der Waals surface area contributed by atoms with Crippen molar-refractivity contribution in [1.29, 1.82) is 0 Å². The molecule has 5 rings (SSSR count). The number of hydrogen-bond acceptors (Lipinski definition) is 7. The van der Waals surface area contributed by atoms with Crippen LogP contribution in [0, 0.1) is 0 Å². The second-order valence-corrected chi connectivity index (χ2v) is 11.3. The average Bonchev–Trinajstić information content (AvgIpc) is 3.28. The van der Waals surface area contributed by atoms with E-state index in [9.17, 15) is 27.9 Å². The maximum absolute atomic E-state index is 13.7. The van der Waals surface area contributed by atoms with Crippen LogP contribution in [0.5, 0.6) is 0 Å². The van der Waals surface area contributed by atoms with Crippen LogP contribution in [-0.4, -0.2) is 51.6 Å². The fraction of sp³-hybridized carbons (Fsp3) is 0.179. The fourth-order valence-electron chi connectivity index (χ4n) is 4.80. The van der Waals surface area contributed by atoms with Crippen molar-refractivity contribution in [2.24, 2.45) is 0 Å². The predicted octanol–water partition coefficient (Wildman–Crippen LogP) is 3.14. The molecule has 1 atom stereocenters. The highest BCUT2D eigenvalue weighted by molar-refractivity contribution is 7.93. The molecule has 0 spiro atoms. The maximum atomic E-state index is 13.7. The number of nitrogens with one attached hydrogen (secondary N) is 1. The Morgan fingerprint density at radius 3 is 2.15 bits per heavy atom. The zero-order valence-corrected chi connectivity index (χ0v) is 22.5. The monoisotopic (exact) mass is 546 g/mol. The standard InChI is InChI=1S/C28H26N4O6S/c1-16-11-25(33)31(27(16)35)19-13-18(14-20(15-19)32-26(34)12-17(2)28(32)36)29-39(37,38)24-10-6-7-21-22(24)8-5-9-23(21)30(3)4/h5-15,25,29,33H,1-4H3. The summed E-state index contributed by atoms with van der Waals surface area (Å²) in [6.45, 7) is 3.04. The van der Waals surface area contributed by atoms with Crippen LogP contribution in [0.4, 0.5) is 22.7 Å².